The van der Waals surface area contributed by atoms with Gasteiger partial charge in [-0.2, -0.15) is 0 Å². The average Bonchev–Trinajstić information content (AvgIpc) is 3.04. The van der Waals surface area contributed by atoms with E-state index in [2.05, 4.69) is 46.8 Å². The molecule has 0 aliphatic heterocycles. The molecule has 0 saturated carbocycles. The zero-order valence-electron chi connectivity index (χ0n) is 34.7. The van der Waals surface area contributed by atoms with E-state index in [9.17, 15) is 9.36 Å². The minimum Gasteiger partial charge on any atom is -1.00 e. The van der Waals surface area contributed by atoms with Gasteiger partial charge in [0, 0.05) is 6.08 Å². The zero-order valence-corrected chi connectivity index (χ0v) is 37.2. The number of rotatable bonds is 29. The molecule has 0 heterocycles. The minimum absolute atomic E-state index is 0. The van der Waals surface area contributed by atoms with Gasteiger partial charge in [0.05, 0.1) is 34.4 Å². The number of allylic oxidation sites excluding steroid dienone is 9. The van der Waals surface area contributed by atoms with Gasteiger partial charge in [-0.05, 0) is 63.0 Å². The van der Waals surface area contributed by atoms with E-state index in [-0.39, 0.29) is 42.2 Å². The highest BCUT2D eigenvalue weighted by molar-refractivity contribution is 7.48. The topological polar surface area (TPSA) is 71.1 Å². The summed E-state index contributed by atoms with van der Waals surface area (Å²) in [6, 6.07) is 0. The molecule has 0 saturated heterocycles. The number of phosphoric acid groups is 1. The first-order valence-electron chi connectivity index (χ1n) is 20.1. The number of esters is 1. The predicted molar refractivity (Wildman–Crippen MR) is 216 cm³/mol. The number of carbonyl (C=O) groups is 1. The largest absolute Gasteiger partial charge is 1.00 e. The molecule has 0 N–H and O–H groups in total. The van der Waals surface area contributed by atoms with Crippen LogP contribution >= 0.6 is 7.82 Å². The molecule has 0 radical (unpaired) electrons. The summed E-state index contributed by atoms with van der Waals surface area (Å²) in [7, 11) is 2.36. The van der Waals surface area contributed by atoms with Gasteiger partial charge in [0.15, 0.2) is 0 Å². The van der Waals surface area contributed by atoms with Gasteiger partial charge < -0.3 is 26.2 Å². The standard InChI is InChI=1S/C43H77NO6P.BrH/c1-10-11-12-13-14-15-16-17-18-19-20-21-22-23-33-48-51(46,49-34-32-44(7,8)9)50-36-35-47-42(45)37-39(3)27-24-26-38(2)29-30-41-40(4)28-25-31-43(41,5)6;/h24,26-27,29-30,37H,10-23,25,28,31-36H2,1-9H3;1H/q+1;/p-1/b27-24+,30-29+,38-26+,39-37+;. The van der Waals surface area contributed by atoms with Gasteiger partial charge in [-0.15, -0.1) is 0 Å². The fourth-order valence-corrected chi connectivity index (χ4v) is 7.39. The first-order valence-corrected chi connectivity index (χ1v) is 21.6. The van der Waals surface area contributed by atoms with E-state index in [0.717, 1.165) is 30.4 Å². The van der Waals surface area contributed by atoms with Crippen molar-refractivity contribution < 1.29 is 49.1 Å². The Labute approximate surface area is 330 Å². The third kappa shape index (κ3) is 26.5. The SMILES string of the molecule is CCCCCCCCCCCCCCCCOP(=O)(OCCOC(=O)/C=C(C)/C=C/C=C(C)/C=C/C1=C(C)CCCC1(C)C)OCC[N+](C)(C)C.[Br-]. The molecule has 9 heteroatoms. The first kappa shape index (κ1) is 50.7. The molecule has 302 valence electrons. The van der Waals surface area contributed by atoms with Crippen molar-refractivity contribution in [2.45, 2.75) is 151 Å². The van der Waals surface area contributed by atoms with Crippen molar-refractivity contribution in [3.05, 3.63) is 58.7 Å². The van der Waals surface area contributed by atoms with Crippen LogP contribution in [0.25, 0.3) is 0 Å². The van der Waals surface area contributed by atoms with Gasteiger partial charge in [0.1, 0.15) is 19.8 Å². The Balaban J connectivity index is 0.0000260. The monoisotopic (exact) mass is 813 g/mol. The molecule has 0 fully saturated rings. The minimum atomic E-state index is -3.77. The van der Waals surface area contributed by atoms with E-state index in [1.165, 1.54) is 107 Å². The maximum atomic E-state index is 13.4. The lowest BCUT2D eigenvalue weighted by molar-refractivity contribution is -0.870. The Morgan fingerprint density at radius 3 is 1.87 bits per heavy atom. The van der Waals surface area contributed by atoms with Crippen molar-refractivity contribution in [2.75, 3.05) is 54.1 Å². The van der Waals surface area contributed by atoms with Gasteiger partial charge in [0.2, 0.25) is 0 Å². The van der Waals surface area contributed by atoms with Crippen molar-refractivity contribution in [2.24, 2.45) is 5.41 Å². The molecule has 1 unspecified atom stereocenters. The molecular formula is C43H77BrNO6P. The molecule has 52 heavy (non-hydrogen) atoms. The molecule has 0 aromatic carbocycles. The molecule has 1 rings (SSSR count). The molecule has 0 amide bonds. The smallest absolute Gasteiger partial charge is 0.475 e. The second kappa shape index (κ2) is 29.1. The Morgan fingerprint density at radius 2 is 1.31 bits per heavy atom. The summed E-state index contributed by atoms with van der Waals surface area (Å²) >= 11 is 0. The number of carbonyl (C=O) groups excluding carboxylic acids is 1. The highest BCUT2D eigenvalue weighted by Gasteiger charge is 2.28. The molecule has 0 spiro atoms. The highest BCUT2D eigenvalue weighted by atomic mass is 79.9. The van der Waals surface area contributed by atoms with Crippen LogP contribution in [0, 0.1) is 5.41 Å². The van der Waals surface area contributed by atoms with Crippen molar-refractivity contribution in [3.8, 4) is 0 Å². The lowest BCUT2D eigenvalue weighted by Crippen LogP contribution is -3.00. The second-order valence-corrected chi connectivity index (χ2v) is 17.8. The van der Waals surface area contributed by atoms with Gasteiger partial charge in [0.25, 0.3) is 0 Å². The maximum absolute atomic E-state index is 13.4. The van der Waals surface area contributed by atoms with Crippen LogP contribution in [0.15, 0.2) is 58.7 Å². The summed E-state index contributed by atoms with van der Waals surface area (Å²) in [5.41, 5.74) is 5.05. The van der Waals surface area contributed by atoms with Crippen LogP contribution in [-0.4, -0.2) is 64.6 Å². The van der Waals surface area contributed by atoms with Gasteiger partial charge in [-0.25, -0.2) is 9.36 Å². The van der Waals surface area contributed by atoms with Crippen LogP contribution in [0.1, 0.15) is 151 Å². The van der Waals surface area contributed by atoms with E-state index >= 15 is 0 Å². The Morgan fingerprint density at radius 1 is 0.769 bits per heavy atom. The quantitative estimate of drug-likeness (QED) is 0.0187. The molecule has 7 nitrogen and oxygen atoms in total. The van der Waals surface area contributed by atoms with Crippen molar-refractivity contribution >= 4 is 13.8 Å². The number of nitrogens with zero attached hydrogens (tertiary/aromatic N) is 1. The number of unbranched alkanes of at least 4 members (excludes halogenated alkanes) is 13. The molecule has 1 aliphatic carbocycles. The van der Waals surface area contributed by atoms with E-state index in [4.69, 9.17) is 18.3 Å². The van der Waals surface area contributed by atoms with Crippen LogP contribution in [0.2, 0.25) is 0 Å². The van der Waals surface area contributed by atoms with Crippen molar-refractivity contribution in [3.63, 3.8) is 0 Å². The van der Waals surface area contributed by atoms with Crippen LogP contribution < -0.4 is 17.0 Å². The normalized spacial score (nSPS) is 16.8. The van der Waals surface area contributed by atoms with E-state index in [0.29, 0.717) is 17.6 Å². The summed E-state index contributed by atoms with van der Waals surface area (Å²) in [6.45, 7) is 14.2. The lowest BCUT2D eigenvalue weighted by Gasteiger charge is -2.32. The van der Waals surface area contributed by atoms with E-state index < -0.39 is 13.8 Å². The molecular weight excluding hydrogens is 737 g/mol. The molecule has 0 aromatic heterocycles. The molecule has 1 atom stereocenters. The van der Waals surface area contributed by atoms with E-state index in [1.807, 2.05) is 46.3 Å². The highest BCUT2D eigenvalue weighted by Crippen LogP contribution is 2.49. The summed E-state index contributed by atoms with van der Waals surface area (Å²) in [4.78, 5) is 12.4. The lowest BCUT2D eigenvalue weighted by atomic mass is 9.72. The number of likely N-dealkylation sites (N-methyl/N-ethyl adjacent to an activating group) is 1. The molecule has 0 aromatic rings. The molecule has 0 bridgehead atoms. The third-order valence-electron chi connectivity index (χ3n) is 9.45. The zero-order chi connectivity index (χ0) is 38.0. The van der Waals surface area contributed by atoms with Gasteiger partial charge >= 0.3 is 13.8 Å². The van der Waals surface area contributed by atoms with Gasteiger partial charge in [-0.3, -0.25) is 13.6 Å². The van der Waals surface area contributed by atoms with Crippen molar-refractivity contribution in [1.29, 1.82) is 0 Å². The number of hydrogen-bond acceptors (Lipinski definition) is 6. The summed E-state index contributed by atoms with van der Waals surface area (Å²) in [6.07, 6.45) is 33.1. The number of hydrogen-bond donors (Lipinski definition) is 0. The number of quaternary nitrogens is 1. The summed E-state index contributed by atoms with van der Waals surface area (Å²) < 4.78 is 36.3. The fourth-order valence-electron chi connectivity index (χ4n) is 6.21. The van der Waals surface area contributed by atoms with Crippen LogP contribution in [0.3, 0.4) is 0 Å². The third-order valence-corrected chi connectivity index (χ3v) is 11.0. The average molecular weight is 815 g/mol. The Bertz CT molecular complexity index is 1180. The van der Waals surface area contributed by atoms with Crippen molar-refractivity contribution in [1.82, 2.24) is 0 Å². The fraction of sp³-hybridized carbons (Fsp3) is 0.744. The van der Waals surface area contributed by atoms with E-state index in [1.54, 1.807) is 0 Å². The predicted octanol–water partition coefficient (Wildman–Crippen LogP) is 9.41. The van der Waals surface area contributed by atoms with Crippen LogP contribution in [0.4, 0.5) is 0 Å². The van der Waals surface area contributed by atoms with Crippen LogP contribution in [-0.2, 0) is 27.7 Å². The number of ether oxygens (including phenoxy) is 1. The second-order valence-electron chi connectivity index (χ2n) is 16.1. The van der Waals surface area contributed by atoms with Gasteiger partial charge in [-0.1, -0.05) is 146 Å². The summed E-state index contributed by atoms with van der Waals surface area (Å²) in [5, 5.41) is 0. The first-order chi connectivity index (χ1) is 24.2. The maximum Gasteiger partial charge on any atom is 0.475 e. The number of phosphoric ester groups is 1. The van der Waals surface area contributed by atoms with Crippen LogP contribution in [0.5, 0.6) is 0 Å². The molecule has 1 aliphatic rings. The Hall–Kier alpha value is -1.28. The summed E-state index contributed by atoms with van der Waals surface area (Å²) in [5.74, 6) is -0.479. The Kier molecular flexibility index (Phi) is 28.4. The number of halogens is 1.